The van der Waals surface area contributed by atoms with E-state index in [1.807, 2.05) is 6.21 Å². The van der Waals surface area contributed by atoms with Crippen LogP contribution in [0.1, 0.15) is 51.4 Å². The average Bonchev–Trinajstić information content (AvgIpc) is 2.19. The topological polar surface area (TPSA) is 36.1 Å². The number of nitrogens with zero attached hydrogens (tertiary/aromatic N) is 2. The first-order chi connectivity index (χ1) is 6.43. The fraction of sp³-hybridized carbons (Fsp3) is 0.818. The van der Waals surface area contributed by atoms with E-state index in [2.05, 4.69) is 11.1 Å². The number of hydrogen-bond acceptors (Lipinski definition) is 2. The summed E-state index contributed by atoms with van der Waals surface area (Å²) in [6.45, 7) is 0. The minimum atomic E-state index is 0.593. The highest BCUT2D eigenvalue weighted by atomic mass is 14.8. The standard InChI is InChI=1S/C11H18N2/c12-9-5-2-6-10-13-11-7-3-1-4-8-11/h10-11H,1-8H2/b13-10-. The normalized spacial score (nSPS) is 19.0. The monoisotopic (exact) mass is 178 g/mol. The average molecular weight is 178 g/mol. The molecule has 0 amide bonds. The van der Waals surface area contributed by atoms with Crippen LogP contribution in [0.15, 0.2) is 4.99 Å². The molecule has 0 aromatic carbocycles. The van der Waals surface area contributed by atoms with Crippen molar-refractivity contribution < 1.29 is 0 Å². The highest BCUT2D eigenvalue weighted by molar-refractivity contribution is 5.57. The van der Waals surface area contributed by atoms with Gasteiger partial charge in [-0.2, -0.15) is 5.26 Å². The SMILES string of the molecule is N#CCCC/C=N\C1CCCCC1. The molecule has 0 heterocycles. The van der Waals surface area contributed by atoms with Crippen molar-refractivity contribution >= 4 is 6.21 Å². The van der Waals surface area contributed by atoms with Crippen LogP contribution < -0.4 is 0 Å². The summed E-state index contributed by atoms with van der Waals surface area (Å²) in [6, 6.07) is 2.74. The van der Waals surface area contributed by atoms with Gasteiger partial charge in [0.25, 0.3) is 0 Å². The number of nitriles is 1. The van der Waals surface area contributed by atoms with Crippen LogP contribution in [0.25, 0.3) is 0 Å². The Morgan fingerprint density at radius 1 is 1.31 bits per heavy atom. The molecule has 1 rings (SSSR count). The quantitative estimate of drug-likeness (QED) is 0.481. The summed E-state index contributed by atoms with van der Waals surface area (Å²) >= 11 is 0. The van der Waals surface area contributed by atoms with Crippen LogP contribution >= 0.6 is 0 Å². The highest BCUT2D eigenvalue weighted by Gasteiger charge is 2.10. The summed E-state index contributed by atoms with van der Waals surface area (Å²) in [5.74, 6) is 0. The molecular weight excluding hydrogens is 160 g/mol. The maximum absolute atomic E-state index is 8.32. The lowest BCUT2D eigenvalue weighted by molar-refractivity contribution is 0.444. The van der Waals surface area contributed by atoms with Gasteiger partial charge < -0.3 is 0 Å². The van der Waals surface area contributed by atoms with Crippen LogP contribution in [-0.4, -0.2) is 12.3 Å². The van der Waals surface area contributed by atoms with Crippen LogP contribution in [0.2, 0.25) is 0 Å². The van der Waals surface area contributed by atoms with Gasteiger partial charge in [0.15, 0.2) is 0 Å². The minimum Gasteiger partial charge on any atom is -0.294 e. The molecule has 0 aromatic heterocycles. The zero-order chi connectivity index (χ0) is 9.36. The van der Waals surface area contributed by atoms with Gasteiger partial charge in [0.2, 0.25) is 0 Å². The van der Waals surface area contributed by atoms with E-state index < -0.39 is 0 Å². The van der Waals surface area contributed by atoms with Gasteiger partial charge in [-0.15, -0.1) is 0 Å². The third-order valence-corrected chi connectivity index (χ3v) is 2.51. The van der Waals surface area contributed by atoms with Gasteiger partial charge in [-0.1, -0.05) is 19.3 Å². The predicted octanol–water partition coefficient (Wildman–Crippen LogP) is 3.08. The largest absolute Gasteiger partial charge is 0.294 e. The van der Waals surface area contributed by atoms with E-state index in [1.165, 1.54) is 32.1 Å². The second-order valence-electron chi connectivity index (χ2n) is 3.67. The molecule has 1 fully saturated rings. The number of hydrogen-bond donors (Lipinski definition) is 0. The first-order valence-electron chi connectivity index (χ1n) is 5.32. The maximum Gasteiger partial charge on any atom is 0.0621 e. The Morgan fingerprint density at radius 2 is 2.08 bits per heavy atom. The Labute approximate surface area is 80.7 Å². The lowest BCUT2D eigenvalue weighted by Gasteiger charge is -2.16. The van der Waals surface area contributed by atoms with Crippen LogP contribution in [-0.2, 0) is 0 Å². The molecule has 0 spiro atoms. The third kappa shape index (κ3) is 4.67. The summed E-state index contributed by atoms with van der Waals surface area (Å²) in [6.07, 6.45) is 11.3. The molecule has 0 aliphatic heterocycles. The molecule has 1 aliphatic carbocycles. The fourth-order valence-electron chi connectivity index (χ4n) is 1.73. The number of unbranched alkanes of at least 4 members (excludes halogenated alkanes) is 2. The third-order valence-electron chi connectivity index (χ3n) is 2.51. The molecule has 2 nitrogen and oxygen atoms in total. The van der Waals surface area contributed by atoms with E-state index in [4.69, 9.17) is 5.26 Å². The molecule has 2 heteroatoms. The van der Waals surface area contributed by atoms with Gasteiger partial charge in [0, 0.05) is 12.5 Å². The molecule has 0 bridgehead atoms. The fourth-order valence-corrected chi connectivity index (χ4v) is 1.73. The van der Waals surface area contributed by atoms with Crippen molar-refractivity contribution in [2.24, 2.45) is 4.99 Å². The summed E-state index contributed by atoms with van der Waals surface area (Å²) in [5.41, 5.74) is 0. The van der Waals surface area contributed by atoms with E-state index in [0.717, 1.165) is 12.8 Å². The van der Waals surface area contributed by atoms with Crippen LogP contribution in [0.3, 0.4) is 0 Å². The van der Waals surface area contributed by atoms with Crippen LogP contribution in [0.4, 0.5) is 0 Å². The van der Waals surface area contributed by atoms with Gasteiger partial charge in [-0.05, 0) is 31.9 Å². The lowest BCUT2D eigenvalue weighted by Crippen LogP contribution is -2.09. The summed E-state index contributed by atoms with van der Waals surface area (Å²) in [4.78, 5) is 4.52. The molecule has 0 saturated heterocycles. The molecule has 0 aromatic rings. The smallest absolute Gasteiger partial charge is 0.0621 e. The summed E-state index contributed by atoms with van der Waals surface area (Å²) in [7, 11) is 0. The molecule has 0 N–H and O–H groups in total. The Hall–Kier alpha value is -0.840. The van der Waals surface area contributed by atoms with E-state index in [1.54, 1.807) is 0 Å². The summed E-state index contributed by atoms with van der Waals surface area (Å²) < 4.78 is 0. The predicted molar refractivity (Wildman–Crippen MR) is 54.8 cm³/mol. The van der Waals surface area contributed by atoms with Gasteiger partial charge in [-0.25, -0.2) is 0 Å². The van der Waals surface area contributed by atoms with Crippen molar-refractivity contribution in [2.75, 3.05) is 0 Å². The number of rotatable bonds is 4. The Balaban J connectivity index is 2.05. The van der Waals surface area contributed by atoms with Crippen molar-refractivity contribution in [3.05, 3.63) is 0 Å². The van der Waals surface area contributed by atoms with Crippen LogP contribution in [0.5, 0.6) is 0 Å². The number of aliphatic imine (C=N–C) groups is 1. The second-order valence-corrected chi connectivity index (χ2v) is 3.67. The Morgan fingerprint density at radius 3 is 2.77 bits per heavy atom. The lowest BCUT2D eigenvalue weighted by atomic mass is 9.96. The molecule has 0 atom stereocenters. The Bertz CT molecular complexity index is 185. The van der Waals surface area contributed by atoms with Gasteiger partial charge >= 0.3 is 0 Å². The molecule has 0 unspecified atom stereocenters. The minimum absolute atomic E-state index is 0.593. The molecule has 1 aliphatic rings. The maximum atomic E-state index is 8.32. The van der Waals surface area contributed by atoms with Gasteiger partial charge in [-0.3, -0.25) is 4.99 Å². The zero-order valence-electron chi connectivity index (χ0n) is 8.21. The van der Waals surface area contributed by atoms with Crippen molar-refractivity contribution in [2.45, 2.75) is 57.4 Å². The molecule has 72 valence electrons. The van der Waals surface area contributed by atoms with Gasteiger partial charge in [0.1, 0.15) is 0 Å². The van der Waals surface area contributed by atoms with Gasteiger partial charge in [0.05, 0.1) is 6.07 Å². The highest BCUT2D eigenvalue weighted by Crippen LogP contribution is 2.19. The molecule has 0 radical (unpaired) electrons. The van der Waals surface area contributed by atoms with Crippen molar-refractivity contribution in [1.29, 1.82) is 5.26 Å². The first-order valence-corrected chi connectivity index (χ1v) is 5.32. The molecule has 1 saturated carbocycles. The zero-order valence-corrected chi connectivity index (χ0v) is 8.21. The van der Waals surface area contributed by atoms with Crippen LogP contribution in [0, 0.1) is 11.3 Å². The summed E-state index contributed by atoms with van der Waals surface area (Å²) in [5, 5.41) is 8.32. The molecular formula is C11H18N2. The van der Waals surface area contributed by atoms with E-state index in [0.29, 0.717) is 12.5 Å². The molecule has 13 heavy (non-hydrogen) atoms. The van der Waals surface area contributed by atoms with E-state index in [-0.39, 0.29) is 0 Å². The first kappa shape index (κ1) is 10.2. The van der Waals surface area contributed by atoms with Crippen molar-refractivity contribution in [1.82, 2.24) is 0 Å². The van der Waals surface area contributed by atoms with Crippen molar-refractivity contribution in [3.8, 4) is 6.07 Å². The van der Waals surface area contributed by atoms with Crippen molar-refractivity contribution in [3.63, 3.8) is 0 Å². The van der Waals surface area contributed by atoms with E-state index in [9.17, 15) is 0 Å². The Kier molecular flexibility index (Phi) is 5.24. The van der Waals surface area contributed by atoms with E-state index >= 15 is 0 Å². The second kappa shape index (κ2) is 6.65.